The van der Waals surface area contributed by atoms with E-state index in [1.165, 1.54) is 23.1 Å². The van der Waals surface area contributed by atoms with Gasteiger partial charge in [0.05, 0.1) is 6.54 Å². The van der Waals surface area contributed by atoms with Crippen LogP contribution < -0.4 is 5.32 Å². The lowest BCUT2D eigenvalue weighted by Gasteiger charge is -2.35. The molecule has 0 bridgehead atoms. The Morgan fingerprint density at radius 3 is 2.90 bits per heavy atom. The number of amides is 2. The summed E-state index contributed by atoms with van der Waals surface area (Å²) in [6.45, 7) is 1.95. The maximum atomic E-state index is 13.8. The summed E-state index contributed by atoms with van der Waals surface area (Å²) in [6.07, 6.45) is 1.32. The number of piperazine rings is 1. The van der Waals surface area contributed by atoms with Gasteiger partial charge in [0.15, 0.2) is 0 Å². The number of carbonyl (C=O) groups is 2. The monoisotopic (exact) mass is 298 g/mol. The first-order chi connectivity index (χ1) is 9.52. The van der Waals surface area contributed by atoms with E-state index in [4.69, 9.17) is 11.6 Å². The van der Waals surface area contributed by atoms with Crippen molar-refractivity contribution >= 4 is 23.4 Å². The minimum Gasteiger partial charge on any atom is -0.345 e. The minimum absolute atomic E-state index is 0.0404. The zero-order valence-electron chi connectivity index (χ0n) is 11.2. The SMILES string of the molecule is CCCC1C(=O)NCC(=O)N1Cc1cc(Cl)ccc1F. The largest absolute Gasteiger partial charge is 0.345 e. The van der Waals surface area contributed by atoms with Crippen molar-refractivity contribution in [3.8, 4) is 0 Å². The zero-order chi connectivity index (χ0) is 14.7. The highest BCUT2D eigenvalue weighted by atomic mass is 35.5. The molecule has 20 heavy (non-hydrogen) atoms. The molecule has 108 valence electrons. The van der Waals surface area contributed by atoms with Gasteiger partial charge in [0.1, 0.15) is 11.9 Å². The molecule has 2 rings (SSSR count). The normalized spacial score (nSPS) is 19.1. The van der Waals surface area contributed by atoms with Gasteiger partial charge in [0, 0.05) is 17.1 Å². The molecule has 1 aliphatic heterocycles. The van der Waals surface area contributed by atoms with Gasteiger partial charge in [-0.15, -0.1) is 0 Å². The molecule has 0 saturated carbocycles. The standard InChI is InChI=1S/C14H16ClFN2O2/c1-2-3-12-14(20)17-7-13(19)18(12)8-9-6-10(15)4-5-11(9)16/h4-6,12H,2-3,7-8H2,1H3,(H,17,20). The maximum Gasteiger partial charge on any atom is 0.243 e. The lowest BCUT2D eigenvalue weighted by atomic mass is 10.1. The summed E-state index contributed by atoms with van der Waals surface area (Å²) in [7, 11) is 0. The van der Waals surface area contributed by atoms with E-state index in [0.29, 0.717) is 17.0 Å². The number of rotatable bonds is 4. The van der Waals surface area contributed by atoms with Crippen LogP contribution in [0, 0.1) is 5.82 Å². The first-order valence-electron chi connectivity index (χ1n) is 6.54. The van der Waals surface area contributed by atoms with Gasteiger partial charge in [-0.25, -0.2) is 4.39 Å². The lowest BCUT2D eigenvalue weighted by Crippen LogP contribution is -2.57. The van der Waals surface area contributed by atoms with E-state index >= 15 is 0 Å². The summed E-state index contributed by atoms with van der Waals surface area (Å²) in [5.74, 6) is -0.820. The van der Waals surface area contributed by atoms with Crippen molar-refractivity contribution in [3.05, 3.63) is 34.6 Å². The van der Waals surface area contributed by atoms with Crippen LogP contribution >= 0.6 is 11.6 Å². The minimum atomic E-state index is -0.542. The molecule has 0 aliphatic carbocycles. The third-order valence-corrected chi connectivity index (χ3v) is 3.56. The van der Waals surface area contributed by atoms with Crippen LogP contribution in [0.4, 0.5) is 4.39 Å². The van der Waals surface area contributed by atoms with Gasteiger partial charge in [0.2, 0.25) is 11.8 Å². The summed E-state index contributed by atoms with van der Waals surface area (Å²) >= 11 is 5.85. The molecular weight excluding hydrogens is 283 g/mol. The fourth-order valence-corrected chi connectivity index (χ4v) is 2.50. The van der Waals surface area contributed by atoms with Crippen LogP contribution in [-0.4, -0.2) is 29.3 Å². The van der Waals surface area contributed by atoms with Crippen LogP contribution in [0.15, 0.2) is 18.2 Å². The van der Waals surface area contributed by atoms with E-state index in [-0.39, 0.29) is 24.9 Å². The van der Waals surface area contributed by atoms with Gasteiger partial charge in [-0.3, -0.25) is 9.59 Å². The molecule has 1 heterocycles. The molecule has 0 aromatic heterocycles. The Morgan fingerprint density at radius 2 is 2.20 bits per heavy atom. The van der Waals surface area contributed by atoms with Crippen molar-refractivity contribution in [2.45, 2.75) is 32.4 Å². The zero-order valence-corrected chi connectivity index (χ0v) is 11.9. The summed E-state index contributed by atoms with van der Waals surface area (Å²) < 4.78 is 13.8. The maximum absolute atomic E-state index is 13.8. The number of nitrogens with zero attached hydrogens (tertiary/aromatic N) is 1. The van der Waals surface area contributed by atoms with Crippen molar-refractivity contribution in [1.29, 1.82) is 0 Å². The summed E-state index contributed by atoms with van der Waals surface area (Å²) in [4.78, 5) is 25.3. The van der Waals surface area contributed by atoms with E-state index in [9.17, 15) is 14.0 Å². The van der Waals surface area contributed by atoms with Crippen LogP contribution in [0.25, 0.3) is 0 Å². The van der Waals surface area contributed by atoms with Gasteiger partial charge in [-0.1, -0.05) is 24.9 Å². The molecule has 0 spiro atoms. The highest BCUT2D eigenvalue weighted by Crippen LogP contribution is 2.20. The molecule has 1 saturated heterocycles. The van der Waals surface area contributed by atoms with E-state index in [1.807, 2.05) is 6.92 Å². The lowest BCUT2D eigenvalue weighted by molar-refractivity contribution is -0.146. The van der Waals surface area contributed by atoms with Crippen molar-refractivity contribution in [1.82, 2.24) is 10.2 Å². The average molecular weight is 299 g/mol. The smallest absolute Gasteiger partial charge is 0.243 e. The number of carbonyl (C=O) groups excluding carboxylic acids is 2. The summed E-state index contributed by atoms with van der Waals surface area (Å²) in [5.41, 5.74) is 0.321. The quantitative estimate of drug-likeness (QED) is 0.925. The Labute approximate surface area is 121 Å². The Morgan fingerprint density at radius 1 is 1.45 bits per heavy atom. The molecule has 1 fully saturated rings. The average Bonchev–Trinajstić information content (AvgIpc) is 2.42. The number of hydrogen-bond donors (Lipinski definition) is 1. The first kappa shape index (κ1) is 14.8. The molecule has 1 atom stereocenters. The van der Waals surface area contributed by atoms with Crippen molar-refractivity contribution in [2.24, 2.45) is 0 Å². The third-order valence-electron chi connectivity index (χ3n) is 3.32. The molecule has 1 aromatic rings. The fraction of sp³-hybridized carbons (Fsp3) is 0.429. The third kappa shape index (κ3) is 3.10. The van der Waals surface area contributed by atoms with E-state index < -0.39 is 11.9 Å². The highest BCUT2D eigenvalue weighted by molar-refractivity contribution is 6.30. The van der Waals surface area contributed by atoms with Gasteiger partial charge in [0.25, 0.3) is 0 Å². The second-order valence-corrected chi connectivity index (χ2v) is 5.22. The molecule has 1 N–H and O–H groups in total. The van der Waals surface area contributed by atoms with Crippen LogP contribution in [0.3, 0.4) is 0 Å². The summed E-state index contributed by atoms with van der Waals surface area (Å²) in [6, 6.07) is 3.66. The molecule has 2 amide bonds. The topological polar surface area (TPSA) is 49.4 Å². The number of benzene rings is 1. The van der Waals surface area contributed by atoms with Crippen LogP contribution in [0.5, 0.6) is 0 Å². The molecule has 1 aromatic carbocycles. The Kier molecular flexibility index (Phi) is 4.60. The van der Waals surface area contributed by atoms with Crippen molar-refractivity contribution < 1.29 is 14.0 Å². The van der Waals surface area contributed by atoms with Gasteiger partial charge >= 0.3 is 0 Å². The number of nitrogens with one attached hydrogen (secondary N) is 1. The number of hydrogen-bond acceptors (Lipinski definition) is 2. The Hall–Kier alpha value is -1.62. The van der Waals surface area contributed by atoms with Gasteiger partial charge in [-0.05, 0) is 24.6 Å². The van der Waals surface area contributed by atoms with Gasteiger partial charge < -0.3 is 10.2 Å². The fourth-order valence-electron chi connectivity index (χ4n) is 2.30. The molecule has 1 unspecified atom stereocenters. The van der Waals surface area contributed by atoms with E-state index in [0.717, 1.165) is 6.42 Å². The molecule has 1 aliphatic rings. The van der Waals surface area contributed by atoms with E-state index in [2.05, 4.69) is 5.32 Å². The first-order valence-corrected chi connectivity index (χ1v) is 6.91. The highest BCUT2D eigenvalue weighted by Gasteiger charge is 2.33. The predicted octanol–water partition coefficient (Wildman–Crippen LogP) is 2.11. The molecule has 6 heteroatoms. The Bertz CT molecular complexity index is 536. The van der Waals surface area contributed by atoms with Crippen molar-refractivity contribution in [3.63, 3.8) is 0 Å². The van der Waals surface area contributed by atoms with E-state index in [1.54, 1.807) is 0 Å². The number of halogens is 2. The summed E-state index contributed by atoms with van der Waals surface area (Å²) in [5, 5.41) is 2.96. The molecular formula is C14H16ClFN2O2. The second-order valence-electron chi connectivity index (χ2n) is 4.78. The van der Waals surface area contributed by atoms with Gasteiger partial charge in [-0.2, -0.15) is 0 Å². The molecule has 0 radical (unpaired) electrons. The van der Waals surface area contributed by atoms with Crippen LogP contribution in [0.1, 0.15) is 25.3 Å². The predicted molar refractivity (Wildman–Crippen MR) is 73.7 cm³/mol. The van der Waals surface area contributed by atoms with Crippen LogP contribution in [-0.2, 0) is 16.1 Å². The van der Waals surface area contributed by atoms with Crippen LogP contribution in [0.2, 0.25) is 5.02 Å². The molecule has 4 nitrogen and oxygen atoms in total. The van der Waals surface area contributed by atoms with Crippen molar-refractivity contribution in [2.75, 3.05) is 6.54 Å². The second kappa shape index (κ2) is 6.22. The Balaban J connectivity index is 2.25.